The molecule has 2 heterocycles. The van der Waals surface area contributed by atoms with Gasteiger partial charge in [0, 0.05) is 24.2 Å². The molecule has 0 amide bonds. The second-order valence-corrected chi connectivity index (χ2v) is 6.02. The second kappa shape index (κ2) is 6.50. The fourth-order valence-electron chi connectivity index (χ4n) is 2.96. The second-order valence-electron chi connectivity index (χ2n) is 6.02. The number of hydrogen-bond acceptors (Lipinski definition) is 5. The summed E-state index contributed by atoms with van der Waals surface area (Å²) in [7, 11) is 2.07. The molecule has 1 atom stereocenters. The van der Waals surface area contributed by atoms with Gasteiger partial charge in [0.25, 0.3) is 0 Å². The van der Waals surface area contributed by atoms with Crippen LogP contribution in [0.1, 0.15) is 18.4 Å². The van der Waals surface area contributed by atoms with Gasteiger partial charge in [-0.15, -0.1) is 10.2 Å². The maximum atomic E-state index is 13.3. The van der Waals surface area contributed by atoms with E-state index in [1.165, 1.54) is 6.07 Å². The lowest BCUT2D eigenvalue weighted by Crippen LogP contribution is -2.38. The average molecular weight is 317 g/mol. The highest BCUT2D eigenvalue weighted by Gasteiger charge is 2.19. The van der Waals surface area contributed by atoms with Crippen LogP contribution in [0.2, 0.25) is 0 Å². The van der Waals surface area contributed by atoms with Crippen molar-refractivity contribution in [2.45, 2.75) is 25.9 Å². The normalized spacial score (nSPS) is 18.8. The summed E-state index contributed by atoms with van der Waals surface area (Å²) in [6.45, 7) is 3.69. The number of ether oxygens (including phenoxy) is 1. The number of halogens is 1. The number of benzene rings is 1. The van der Waals surface area contributed by atoms with E-state index in [-0.39, 0.29) is 11.9 Å². The number of aromatic hydroxyl groups is 1. The Bertz CT molecular complexity index is 668. The maximum absolute atomic E-state index is 13.3. The van der Waals surface area contributed by atoms with E-state index in [1.807, 2.05) is 0 Å². The van der Waals surface area contributed by atoms with Crippen molar-refractivity contribution in [2.24, 2.45) is 0 Å². The number of phenols is 1. The van der Waals surface area contributed by atoms with Crippen LogP contribution >= 0.6 is 0 Å². The van der Waals surface area contributed by atoms with Crippen LogP contribution in [0.5, 0.6) is 11.6 Å². The van der Waals surface area contributed by atoms with Crippen LogP contribution in [0.3, 0.4) is 0 Å². The standard InChI is InChI=1S/C17H20FN3O2/c1-11-8-12(18)9-15(22)17(11)14-5-6-16(20-19-14)23-13-4-3-7-21(2)10-13/h5-6,8-9,13,22H,3-4,7,10H2,1-2H3/t13-/m1/s1. The number of phenolic OH excluding ortho intramolecular Hbond substituents is 1. The quantitative estimate of drug-likeness (QED) is 0.943. The van der Waals surface area contributed by atoms with Crippen molar-refractivity contribution < 1.29 is 14.2 Å². The molecule has 1 aromatic heterocycles. The van der Waals surface area contributed by atoms with Gasteiger partial charge in [-0.2, -0.15) is 0 Å². The van der Waals surface area contributed by atoms with Crippen molar-refractivity contribution in [1.82, 2.24) is 15.1 Å². The third-order valence-electron chi connectivity index (χ3n) is 4.04. The summed E-state index contributed by atoms with van der Waals surface area (Å²) in [5.74, 6) is -0.147. The highest BCUT2D eigenvalue weighted by atomic mass is 19.1. The molecule has 3 rings (SSSR count). The predicted molar refractivity (Wildman–Crippen MR) is 85.0 cm³/mol. The van der Waals surface area contributed by atoms with Gasteiger partial charge in [-0.1, -0.05) is 0 Å². The van der Waals surface area contributed by atoms with Crippen LogP contribution in [0.4, 0.5) is 4.39 Å². The molecule has 1 aliphatic rings. The molecule has 0 aliphatic carbocycles. The Morgan fingerprint density at radius 1 is 1.30 bits per heavy atom. The number of hydrogen-bond donors (Lipinski definition) is 1. The van der Waals surface area contributed by atoms with E-state index in [2.05, 4.69) is 22.1 Å². The molecule has 1 aromatic carbocycles. The molecular formula is C17H20FN3O2. The first-order valence-electron chi connectivity index (χ1n) is 7.71. The van der Waals surface area contributed by atoms with Crippen LogP contribution in [0, 0.1) is 12.7 Å². The largest absolute Gasteiger partial charge is 0.507 e. The topological polar surface area (TPSA) is 58.5 Å². The zero-order valence-corrected chi connectivity index (χ0v) is 13.3. The third-order valence-corrected chi connectivity index (χ3v) is 4.04. The molecule has 122 valence electrons. The summed E-state index contributed by atoms with van der Waals surface area (Å²) in [5, 5.41) is 18.1. The van der Waals surface area contributed by atoms with Gasteiger partial charge in [0.2, 0.25) is 5.88 Å². The number of aromatic nitrogens is 2. The van der Waals surface area contributed by atoms with E-state index in [9.17, 15) is 9.50 Å². The number of likely N-dealkylation sites (N-methyl/N-ethyl adjacent to an activating group) is 1. The van der Waals surface area contributed by atoms with E-state index in [0.717, 1.165) is 32.0 Å². The lowest BCUT2D eigenvalue weighted by atomic mass is 10.0. The van der Waals surface area contributed by atoms with Gasteiger partial charge in [-0.25, -0.2) is 4.39 Å². The molecule has 0 spiro atoms. The minimum atomic E-state index is -0.474. The lowest BCUT2D eigenvalue weighted by Gasteiger charge is -2.29. The minimum Gasteiger partial charge on any atom is -0.507 e. The SMILES string of the molecule is Cc1cc(F)cc(O)c1-c1ccc(O[C@@H]2CCCN(C)C2)nn1. The van der Waals surface area contributed by atoms with E-state index < -0.39 is 5.82 Å². The first-order valence-corrected chi connectivity index (χ1v) is 7.71. The van der Waals surface area contributed by atoms with Crippen molar-refractivity contribution in [1.29, 1.82) is 0 Å². The van der Waals surface area contributed by atoms with Gasteiger partial charge < -0.3 is 14.7 Å². The monoisotopic (exact) mass is 317 g/mol. The number of nitrogens with zero attached hydrogens (tertiary/aromatic N) is 3. The van der Waals surface area contributed by atoms with Gasteiger partial charge >= 0.3 is 0 Å². The molecule has 1 fully saturated rings. The molecule has 1 saturated heterocycles. The molecule has 0 saturated carbocycles. The van der Waals surface area contributed by atoms with Crippen molar-refractivity contribution >= 4 is 0 Å². The Labute approximate surface area is 134 Å². The fourth-order valence-corrected chi connectivity index (χ4v) is 2.96. The first-order chi connectivity index (χ1) is 11.0. The molecular weight excluding hydrogens is 297 g/mol. The molecule has 0 bridgehead atoms. The van der Waals surface area contributed by atoms with Gasteiger partial charge in [0.1, 0.15) is 17.7 Å². The Morgan fingerprint density at radius 3 is 2.78 bits per heavy atom. The van der Waals surface area contributed by atoms with Gasteiger partial charge in [-0.3, -0.25) is 0 Å². The van der Waals surface area contributed by atoms with Crippen molar-refractivity contribution in [2.75, 3.05) is 20.1 Å². The number of likely N-dealkylation sites (tertiary alicyclic amines) is 1. The van der Waals surface area contributed by atoms with Crippen molar-refractivity contribution in [3.63, 3.8) is 0 Å². The minimum absolute atomic E-state index is 0.120. The van der Waals surface area contributed by atoms with E-state index in [1.54, 1.807) is 19.1 Å². The zero-order valence-electron chi connectivity index (χ0n) is 13.3. The van der Waals surface area contributed by atoms with Gasteiger partial charge in [0.15, 0.2) is 0 Å². The molecule has 5 nitrogen and oxygen atoms in total. The Morgan fingerprint density at radius 2 is 2.13 bits per heavy atom. The van der Waals surface area contributed by atoms with E-state index >= 15 is 0 Å². The average Bonchev–Trinajstić information content (AvgIpc) is 2.48. The Kier molecular flexibility index (Phi) is 4.43. The molecule has 1 N–H and O–H groups in total. The zero-order chi connectivity index (χ0) is 16.4. The highest BCUT2D eigenvalue weighted by molar-refractivity contribution is 5.70. The summed E-state index contributed by atoms with van der Waals surface area (Å²) in [5.41, 5.74) is 1.59. The number of aryl methyl sites for hydroxylation is 1. The maximum Gasteiger partial charge on any atom is 0.233 e. The van der Waals surface area contributed by atoms with Gasteiger partial charge in [0.05, 0.1) is 5.69 Å². The summed E-state index contributed by atoms with van der Waals surface area (Å²) in [6, 6.07) is 5.90. The van der Waals surface area contributed by atoms with Gasteiger partial charge in [-0.05, 0) is 51.1 Å². The van der Waals surface area contributed by atoms with Crippen LogP contribution in [0.25, 0.3) is 11.3 Å². The molecule has 6 heteroatoms. The summed E-state index contributed by atoms with van der Waals surface area (Å²) in [6.07, 6.45) is 2.23. The van der Waals surface area contributed by atoms with E-state index in [4.69, 9.17) is 4.74 Å². The highest BCUT2D eigenvalue weighted by Crippen LogP contribution is 2.32. The molecule has 23 heavy (non-hydrogen) atoms. The summed E-state index contributed by atoms with van der Waals surface area (Å²) >= 11 is 0. The lowest BCUT2D eigenvalue weighted by molar-refractivity contribution is 0.0991. The van der Waals surface area contributed by atoms with Crippen molar-refractivity contribution in [3.05, 3.63) is 35.6 Å². The third kappa shape index (κ3) is 3.59. The molecule has 2 aromatic rings. The summed E-state index contributed by atoms with van der Waals surface area (Å²) in [4.78, 5) is 2.23. The van der Waals surface area contributed by atoms with Crippen LogP contribution in [-0.2, 0) is 0 Å². The first kappa shape index (κ1) is 15.7. The molecule has 1 aliphatic heterocycles. The van der Waals surface area contributed by atoms with E-state index in [0.29, 0.717) is 22.7 Å². The number of piperidine rings is 1. The van der Waals surface area contributed by atoms with Crippen LogP contribution in [-0.4, -0.2) is 46.4 Å². The number of rotatable bonds is 3. The Balaban J connectivity index is 1.77. The predicted octanol–water partition coefficient (Wildman–Crippen LogP) is 2.77. The van der Waals surface area contributed by atoms with Crippen molar-refractivity contribution in [3.8, 4) is 22.9 Å². The van der Waals surface area contributed by atoms with Crippen LogP contribution < -0.4 is 4.74 Å². The summed E-state index contributed by atoms with van der Waals surface area (Å²) < 4.78 is 19.1. The smallest absolute Gasteiger partial charge is 0.233 e. The fraction of sp³-hybridized carbons (Fsp3) is 0.412. The molecule has 0 radical (unpaired) electrons. The molecule has 0 unspecified atom stereocenters. The van der Waals surface area contributed by atoms with Crippen LogP contribution in [0.15, 0.2) is 24.3 Å². The Hall–Kier alpha value is -2.21.